The fraction of sp³-hybridized carbons (Fsp3) is 0.188. The lowest BCUT2D eigenvalue weighted by atomic mass is 10.2. The molecule has 1 unspecified atom stereocenters. The maximum absolute atomic E-state index is 13.8. The molecule has 0 spiro atoms. The van der Waals surface area contributed by atoms with E-state index in [1.165, 1.54) is 6.07 Å². The zero-order valence-corrected chi connectivity index (χ0v) is 12.9. The van der Waals surface area contributed by atoms with Crippen molar-refractivity contribution in [3.8, 4) is 0 Å². The van der Waals surface area contributed by atoms with Crippen molar-refractivity contribution < 1.29 is 13.5 Å². The lowest BCUT2D eigenvalue weighted by Crippen LogP contribution is -2.38. The highest BCUT2D eigenvalue weighted by molar-refractivity contribution is 7.09. The molecule has 0 aliphatic carbocycles. The quantitative estimate of drug-likeness (QED) is 0.851. The predicted molar refractivity (Wildman–Crippen MR) is 85.9 cm³/mol. The molecule has 23 heavy (non-hydrogen) atoms. The van der Waals surface area contributed by atoms with Crippen LogP contribution in [0, 0.1) is 5.82 Å². The van der Waals surface area contributed by atoms with Crippen LogP contribution in [-0.4, -0.2) is 12.6 Å². The average molecular weight is 335 g/mol. The van der Waals surface area contributed by atoms with Gasteiger partial charge in [-0.05, 0) is 17.5 Å². The lowest BCUT2D eigenvalue weighted by molar-refractivity contribution is 0.0290. The first kappa shape index (κ1) is 15.6. The molecular formula is C16H15F2N3OS. The molecule has 1 aliphatic heterocycles. The fourth-order valence-electron chi connectivity index (χ4n) is 2.03. The zero-order chi connectivity index (χ0) is 16.1. The van der Waals surface area contributed by atoms with E-state index in [2.05, 4.69) is 15.6 Å². The third-order valence-electron chi connectivity index (χ3n) is 3.21. The van der Waals surface area contributed by atoms with Crippen molar-refractivity contribution in [3.05, 3.63) is 69.7 Å². The average Bonchev–Trinajstić information content (AvgIpc) is 3.07. The first-order valence-electron chi connectivity index (χ1n) is 7.03. The van der Waals surface area contributed by atoms with Gasteiger partial charge in [-0.25, -0.2) is 13.8 Å². The summed E-state index contributed by atoms with van der Waals surface area (Å²) in [5.41, 5.74) is 0.452. The van der Waals surface area contributed by atoms with Crippen LogP contribution in [0.2, 0.25) is 0 Å². The Bertz CT molecular complexity index is 716. The number of nitrogens with zero attached hydrogens (tertiary/aromatic N) is 1. The summed E-state index contributed by atoms with van der Waals surface area (Å²) in [6, 6.07) is 10.2. The summed E-state index contributed by atoms with van der Waals surface area (Å²) in [5.74, 6) is -0.743. The van der Waals surface area contributed by atoms with Gasteiger partial charge in [-0.15, -0.1) is 11.3 Å². The number of hydrogen-bond acceptors (Lipinski definition) is 5. The van der Waals surface area contributed by atoms with Gasteiger partial charge < -0.3 is 15.4 Å². The molecule has 2 N–H and O–H groups in total. The maximum Gasteiger partial charge on any atom is 0.227 e. The molecular weight excluding hydrogens is 320 g/mol. The Morgan fingerprint density at radius 2 is 2.09 bits per heavy atom. The summed E-state index contributed by atoms with van der Waals surface area (Å²) in [6.45, 7) is 0.544. The number of nitrogens with one attached hydrogen (secondary N) is 2. The molecule has 0 fully saturated rings. The number of allylic oxidation sites excluding steroid dienone is 1. The third kappa shape index (κ3) is 4.14. The van der Waals surface area contributed by atoms with Crippen LogP contribution < -0.4 is 10.6 Å². The van der Waals surface area contributed by atoms with E-state index in [4.69, 9.17) is 4.74 Å². The molecule has 2 heterocycles. The second-order valence-corrected chi connectivity index (χ2v) is 5.87. The van der Waals surface area contributed by atoms with Gasteiger partial charge in [-0.2, -0.15) is 0 Å². The van der Waals surface area contributed by atoms with E-state index >= 15 is 0 Å². The molecule has 1 aromatic carbocycles. The van der Waals surface area contributed by atoms with E-state index in [1.54, 1.807) is 29.5 Å². The minimum atomic E-state index is -0.681. The Labute approximate surface area is 136 Å². The molecule has 4 nitrogen and oxygen atoms in total. The summed E-state index contributed by atoms with van der Waals surface area (Å²) >= 11 is 1.57. The van der Waals surface area contributed by atoms with Crippen LogP contribution in [0.15, 0.2) is 58.4 Å². The topological polar surface area (TPSA) is 45.6 Å². The van der Waals surface area contributed by atoms with Gasteiger partial charge in [0.15, 0.2) is 5.83 Å². The Morgan fingerprint density at radius 3 is 2.87 bits per heavy atom. The van der Waals surface area contributed by atoms with E-state index in [1.807, 2.05) is 17.5 Å². The number of rotatable bonds is 6. The maximum atomic E-state index is 13.8. The molecule has 120 valence electrons. The highest BCUT2D eigenvalue weighted by Crippen LogP contribution is 2.14. The minimum Gasteiger partial charge on any atom is -0.365 e. The lowest BCUT2D eigenvalue weighted by Gasteiger charge is -2.22. The Morgan fingerprint density at radius 1 is 1.22 bits per heavy atom. The Hall–Kier alpha value is -2.25. The van der Waals surface area contributed by atoms with Gasteiger partial charge in [-0.1, -0.05) is 24.3 Å². The smallest absolute Gasteiger partial charge is 0.227 e. The van der Waals surface area contributed by atoms with Crippen LogP contribution >= 0.6 is 11.3 Å². The SMILES string of the molecule is FC1=C(NCc2ccccc2F)NC(OCc2cccs2)N=C1. The van der Waals surface area contributed by atoms with Crippen LogP contribution in [0.3, 0.4) is 0 Å². The molecule has 0 saturated heterocycles. The first-order chi connectivity index (χ1) is 11.2. The van der Waals surface area contributed by atoms with Crippen molar-refractivity contribution in [2.24, 2.45) is 4.99 Å². The fourth-order valence-corrected chi connectivity index (χ4v) is 2.65. The van der Waals surface area contributed by atoms with Gasteiger partial charge in [0.1, 0.15) is 11.6 Å². The van der Waals surface area contributed by atoms with E-state index < -0.39 is 12.2 Å². The summed E-state index contributed by atoms with van der Waals surface area (Å²) in [5, 5.41) is 7.60. The zero-order valence-electron chi connectivity index (χ0n) is 12.1. The van der Waals surface area contributed by atoms with E-state index in [9.17, 15) is 8.78 Å². The molecule has 3 rings (SSSR count). The molecule has 0 saturated carbocycles. The Kier molecular flexibility index (Phi) is 4.99. The van der Waals surface area contributed by atoms with Gasteiger partial charge in [0, 0.05) is 17.0 Å². The van der Waals surface area contributed by atoms with Crippen molar-refractivity contribution in [1.82, 2.24) is 10.6 Å². The summed E-state index contributed by atoms with van der Waals surface area (Å²) < 4.78 is 32.9. The number of ether oxygens (including phenoxy) is 1. The van der Waals surface area contributed by atoms with Crippen molar-refractivity contribution >= 4 is 17.6 Å². The van der Waals surface area contributed by atoms with Gasteiger partial charge in [-0.3, -0.25) is 0 Å². The number of thiophene rings is 1. The van der Waals surface area contributed by atoms with E-state index in [0.717, 1.165) is 11.1 Å². The second kappa shape index (κ2) is 7.34. The summed E-state index contributed by atoms with van der Waals surface area (Å²) in [7, 11) is 0. The van der Waals surface area contributed by atoms with Crippen molar-refractivity contribution in [2.75, 3.05) is 0 Å². The number of aliphatic imine (C=N–C) groups is 1. The van der Waals surface area contributed by atoms with Crippen LogP contribution in [0.5, 0.6) is 0 Å². The number of benzene rings is 1. The van der Waals surface area contributed by atoms with Gasteiger partial charge >= 0.3 is 0 Å². The van der Waals surface area contributed by atoms with Crippen LogP contribution in [0.25, 0.3) is 0 Å². The summed E-state index contributed by atoms with van der Waals surface area (Å²) in [6.07, 6.45) is 0.416. The van der Waals surface area contributed by atoms with Crippen LogP contribution in [-0.2, 0) is 17.9 Å². The number of halogens is 2. The van der Waals surface area contributed by atoms with Gasteiger partial charge in [0.05, 0.1) is 12.8 Å². The molecule has 0 amide bonds. The molecule has 0 radical (unpaired) electrons. The molecule has 2 aromatic rings. The molecule has 0 bridgehead atoms. The molecule has 1 atom stereocenters. The van der Waals surface area contributed by atoms with E-state index in [-0.39, 0.29) is 18.2 Å². The highest BCUT2D eigenvalue weighted by Gasteiger charge is 2.17. The van der Waals surface area contributed by atoms with Crippen molar-refractivity contribution in [1.29, 1.82) is 0 Å². The summed E-state index contributed by atoms with van der Waals surface area (Å²) in [4.78, 5) is 4.99. The standard InChI is InChI=1S/C16H15F2N3OS/c17-13-6-2-1-4-11(13)8-19-15-14(18)9-20-16(21-15)22-10-12-5-3-7-23-12/h1-7,9,16,19,21H,8,10H2. The normalized spacial score (nSPS) is 17.2. The monoisotopic (exact) mass is 335 g/mol. The van der Waals surface area contributed by atoms with Crippen LogP contribution in [0.1, 0.15) is 10.4 Å². The molecule has 7 heteroatoms. The first-order valence-corrected chi connectivity index (χ1v) is 7.91. The predicted octanol–water partition coefficient (Wildman–Crippen LogP) is 3.29. The third-order valence-corrected chi connectivity index (χ3v) is 4.06. The van der Waals surface area contributed by atoms with Gasteiger partial charge in [0.2, 0.25) is 6.35 Å². The van der Waals surface area contributed by atoms with E-state index in [0.29, 0.717) is 12.2 Å². The van der Waals surface area contributed by atoms with Crippen molar-refractivity contribution in [3.63, 3.8) is 0 Å². The number of hydrogen-bond donors (Lipinski definition) is 2. The van der Waals surface area contributed by atoms with Crippen LogP contribution in [0.4, 0.5) is 8.78 Å². The Balaban J connectivity index is 1.56. The molecule has 1 aromatic heterocycles. The van der Waals surface area contributed by atoms with Gasteiger partial charge in [0.25, 0.3) is 0 Å². The minimum absolute atomic E-state index is 0.138. The second-order valence-electron chi connectivity index (χ2n) is 4.83. The van der Waals surface area contributed by atoms with Crippen molar-refractivity contribution in [2.45, 2.75) is 19.5 Å². The largest absolute Gasteiger partial charge is 0.365 e. The molecule has 1 aliphatic rings. The highest BCUT2D eigenvalue weighted by atomic mass is 32.1.